The van der Waals surface area contributed by atoms with E-state index < -0.39 is 0 Å². The molecule has 0 radical (unpaired) electrons. The number of ether oxygens (including phenoxy) is 1. The standard InChI is InChI=1S/C20H22N2O3/c1-21-19(23)15-5-3-14(4-6-15)13-22(17-9-10-17)20(24)16-7-11-18(25-2)12-8-16/h3-8,11-12,17H,9-10,13H2,1-2H3,(H,21,23). The Morgan fingerprint density at radius 1 is 1.04 bits per heavy atom. The fraction of sp³-hybridized carbons (Fsp3) is 0.300. The van der Waals surface area contributed by atoms with Gasteiger partial charge in [0.25, 0.3) is 11.8 Å². The molecular formula is C20H22N2O3. The first-order valence-electron chi connectivity index (χ1n) is 8.38. The van der Waals surface area contributed by atoms with E-state index in [1.807, 2.05) is 17.0 Å². The fourth-order valence-corrected chi connectivity index (χ4v) is 2.75. The van der Waals surface area contributed by atoms with Gasteiger partial charge in [-0.25, -0.2) is 0 Å². The summed E-state index contributed by atoms with van der Waals surface area (Å²) < 4.78 is 5.15. The molecule has 0 aliphatic heterocycles. The molecule has 0 unspecified atom stereocenters. The van der Waals surface area contributed by atoms with E-state index in [2.05, 4.69) is 5.32 Å². The van der Waals surface area contributed by atoms with E-state index in [-0.39, 0.29) is 11.8 Å². The molecule has 0 bridgehead atoms. The first kappa shape index (κ1) is 17.0. The Hall–Kier alpha value is -2.82. The molecule has 2 aromatic rings. The van der Waals surface area contributed by atoms with Crippen molar-refractivity contribution in [3.8, 4) is 5.75 Å². The summed E-state index contributed by atoms with van der Waals surface area (Å²) in [6.07, 6.45) is 2.08. The number of benzene rings is 2. The number of hydrogen-bond acceptors (Lipinski definition) is 3. The lowest BCUT2D eigenvalue weighted by Gasteiger charge is -2.23. The molecular weight excluding hydrogens is 316 g/mol. The van der Waals surface area contributed by atoms with Crippen molar-refractivity contribution >= 4 is 11.8 Å². The van der Waals surface area contributed by atoms with Crippen molar-refractivity contribution in [1.82, 2.24) is 10.2 Å². The van der Waals surface area contributed by atoms with Crippen LogP contribution in [0.4, 0.5) is 0 Å². The molecule has 1 saturated carbocycles. The molecule has 5 nitrogen and oxygen atoms in total. The molecule has 0 aromatic heterocycles. The molecule has 25 heavy (non-hydrogen) atoms. The van der Waals surface area contributed by atoms with Gasteiger partial charge in [0.15, 0.2) is 0 Å². The molecule has 2 amide bonds. The number of hydrogen-bond donors (Lipinski definition) is 1. The first-order valence-corrected chi connectivity index (χ1v) is 8.38. The SMILES string of the molecule is CNC(=O)c1ccc(CN(C(=O)c2ccc(OC)cc2)C2CC2)cc1. The topological polar surface area (TPSA) is 58.6 Å². The Kier molecular flexibility index (Phi) is 5.03. The molecule has 0 spiro atoms. The molecule has 1 fully saturated rings. The Labute approximate surface area is 147 Å². The van der Waals surface area contributed by atoms with Gasteiger partial charge < -0.3 is 15.0 Å². The zero-order valence-electron chi connectivity index (χ0n) is 14.5. The van der Waals surface area contributed by atoms with Crippen molar-refractivity contribution in [2.24, 2.45) is 0 Å². The summed E-state index contributed by atoms with van der Waals surface area (Å²) in [6, 6.07) is 14.9. The highest BCUT2D eigenvalue weighted by Gasteiger charge is 2.33. The normalized spacial score (nSPS) is 13.2. The summed E-state index contributed by atoms with van der Waals surface area (Å²) in [5.41, 5.74) is 2.29. The average Bonchev–Trinajstić information content (AvgIpc) is 3.50. The molecule has 2 aromatic carbocycles. The quantitative estimate of drug-likeness (QED) is 0.881. The van der Waals surface area contributed by atoms with E-state index >= 15 is 0 Å². The van der Waals surface area contributed by atoms with Crippen molar-refractivity contribution in [2.75, 3.05) is 14.2 Å². The number of nitrogens with zero attached hydrogens (tertiary/aromatic N) is 1. The third-order valence-corrected chi connectivity index (χ3v) is 4.38. The minimum Gasteiger partial charge on any atom is -0.497 e. The van der Waals surface area contributed by atoms with Gasteiger partial charge in [-0.05, 0) is 54.8 Å². The average molecular weight is 338 g/mol. The van der Waals surface area contributed by atoms with Gasteiger partial charge in [0.05, 0.1) is 7.11 Å². The molecule has 130 valence electrons. The van der Waals surface area contributed by atoms with Gasteiger partial charge in [-0.3, -0.25) is 9.59 Å². The third kappa shape index (κ3) is 3.99. The minimum absolute atomic E-state index is 0.0283. The van der Waals surface area contributed by atoms with Crippen LogP contribution in [0.3, 0.4) is 0 Å². The van der Waals surface area contributed by atoms with Gasteiger partial charge in [0.1, 0.15) is 5.75 Å². The van der Waals surface area contributed by atoms with Crippen LogP contribution in [-0.4, -0.2) is 36.9 Å². The fourth-order valence-electron chi connectivity index (χ4n) is 2.75. The number of carbonyl (C=O) groups excluding carboxylic acids is 2. The monoisotopic (exact) mass is 338 g/mol. The Morgan fingerprint density at radius 3 is 2.16 bits per heavy atom. The molecule has 1 aliphatic rings. The summed E-state index contributed by atoms with van der Waals surface area (Å²) in [7, 11) is 3.22. The van der Waals surface area contributed by atoms with Crippen molar-refractivity contribution in [3.63, 3.8) is 0 Å². The van der Waals surface area contributed by atoms with E-state index in [1.165, 1.54) is 0 Å². The van der Waals surface area contributed by atoms with Crippen molar-refractivity contribution in [3.05, 3.63) is 65.2 Å². The highest BCUT2D eigenvalue weighted by molar-refractivity contribution is 5.95. The van der Waals surface area contributed by atoms with Crippen LogP contribution in [0.15, 0.2) is 48.5 Å². The summed E-state index contributed by atoms with van der Waals surface area (Å²) in [5, 5.41) is 2.61. The zero-order chi connectivity index (χ0) is 17.8. The number of carbonyl (C=O) groups is 2. The summed E-state index contributed by atoms with van der Waals surface area (Å²) in [5.74, 6) is 0.653. The van der Waals surface area contributed by atoms with E-state index in [1.54, 1.807) is 50.6 Å². The molecule has 3 rings (SSSR count). The predicted molar refractivity (Wildman–Crippen MR) is 95.7 cm³/mol. The molecule has 0 heterocycles. The summed E-state index contributed by atoms with van der Waals surface area (Å²) in [4.78, 5) is 26.4. The van der Waals surface area contributed by atoms with Crippen molar-refractivity contribution < 1.29 is 14.3 Å². The molecule has 1 N–H and O–H groups in total. The Balaban J connectivity index is 1.74. The zero-order valence-corrected chi connectivity index (χ0v) is 14.5. The second kappa shape index (κ2) is 7.38. The van der Waals surface area contributed by atoms with Crippen LogP contribution in [0.5, 0.6) is 5.75 Å². The van der Waals surface area contributed by atoms with Crippen molar-refractivity contribution in [2.45, 2.75) is 25.4 Å². The Bertz CT molecular complexity index is 750. The van der Waals surface area contributed by atoms with Gasteiger partial charge in [0, 0.05) is 30.8 Å². The van der Waals surface area contributed by atoms with Crippen LogP contribution in [0.2, 0.25) is 0 Å². The van der Waals surface area contributed by atoms with E-state index in [4.69, 9.17) is 4.74 Å². The van der Waals surface area contributed by atoms with Gasteiger partial charge in [-0.1, -0.05) is 12.1 Å². The number of methoxy groups -OCH3 is 1. The highest BCUT2D eigenvalue weighted by atomic mass is 16.5. The number of rotatable bonds is 6. The minimum atomic E-state index is -0.111. The second-order valence-corrected chi connectivity index (χ2v) is 6.17. The van der Waals surface area contributed by atoms with E-state index in [0.717, 1.165) is 24.2 Å². The second-order valence-electron chi connectivity index (χ2n) is 6.17. The van der Waals surface area contributed by atoms with E-state index in [9.17, 15) is 9.59 Å². The van der Waals surface area contributed by atoms with Crippen LogP contribution < -0.4 is 10.1 Å². The molecule has 5 heteroatoms. The lowest BCUT2D eigenvalue weighted by molar-refractivity contribution is 0.0729. The smallest absolute Gasteiger partial charge is 0.254 e. The number of nitrogens with one attached hydrogen (secondary N) is 1. The van der Waals surface area contributed by atoms with Crippen molar-refractivity contribution in [1.29, 1.82) is 0 Å². The summed E-state index contributed by atoms with van der Waals surface area (Å²) >= 11 is 0. The van der Waals surface area contributed by atoms with Gasteiger partial charge >= 0.3 is 0 Å². The first-order chi connectivity index (χ1) is 12.1. The largest absolute Gasteiger partial charge is 0.497 e. The van der Waals surface area contributed by atoms with Gasteiger partial charge in [-0.15, -0.1) is 0 Å². The molecule has 0 saturated heterocycles. The predicted octanol–water partition coefficient (Wildman–Crippen LogP) is 2.86. The van der Waals surface area contributed by atoms with Crippen LogP contribution in [-0.2, 0) is 6.54 Å². The lowest BCUT2D eigenvalue weighted by atomic mass is 10.1. The van der Waals surface area contributed by atoms with Crippen LogP contribution in [0, 0.1) is 0 Å². The third-order valence-electron chi connectivity index (χ3n) is 4.38. The van der Waals surface area contributed by atoms with Gasteiger partial charge in [0.2, 0.25) is 0 Å². The van der Waals surface area contributed by atoms with Gasteiger partial charge in [-0.2, -0.15) is 0 Å². The van der Waals surface area contributed by atoms with E-state index in [0.29, 0.717) is 23.7 Å². The summed E-state index contributed by atoms with van der Waals surface area (Å²) in [6.45, 7) is 0.545. The molecule has 0 atom stereocenters. The highest BCUT2D eigenvalue weighted by Crippen LogP contribution is 2.30. The number of amides is 2. The lowest BCUT2D eigenvalue weighted by Crippen LogP contribution is -2.32. The Morgan fingerprint density at radius 2 is 1.64 bits per heavy atom. The maximum atomic E-state index is 12.9. The van der Waals surface area contributed by atoms with Crippen LogP contribution in [0.1, 0.15) is 39.1 Å². The molecule has 1 aliphatic carbocycles. The van der Waals surface area contributed by atoms with Crippen LogP contribution in [0.25, 0.3) is 0 Å². The van der Waals surface area contributed by atoms with Crippen LogP contribution >= 0.6 is 0 Å². The maximum Gasteiger partial charge on any atom is 0.254 e. The maximum absolute atomic E-state index is 12.9.